The van der Waals surface area contributed by atoms with Crippen LogP contribution in [0.2, 0.25) is 0 Å². The molecule has 0 aliphatic rings. The molecule has 1 aromatic heterocycles. The van der Waals surface area contributed by atoms with Gasteiger partial charge in [-0.25, -0.2) is 4.98 Å². The number of carbonyl (C=O) groups excluding carboxylic acids is 1. The molecule has 24 heavy (non-hydrogen) atoms. The Balaban J connectivity index is 2.02. The van der Waals surface area contributed by atoms with Crippen molar-refractivity contribution in [3.05, 3.63) is 35.3 Å². The van der Waals surface area contributed by atoms with Crippen molar-refractivity contribution < 1.29 is 9.53 Å². The maximum absolute atomic E-state index is 12.5. The van der Waals surface area contributed by atoms with Crippen LogP contribution in [0.25, 0.3) is 10.6 Å². The standard InChI is InChI=1S/C18H25N3O2S/c1-12(2)15(19)9-10-21(3)18(22)16-11-20-17(24-16)13-5-7-14(23-4)8-6-13/h5-8,11-12,15H,9-10,19H2,1-4H3. The SMILES string of the molecule is COc1ccc(-c2ncc(C(=O)N(C)CCC(N)C(C)C)s2)cc1. The van der Waals surface area contributed by atoms with Gasteiger partial charge in [0.05, 0.1) is 13.3 Å². The van der Waals surface area contributed by atoms with E-state index in [9.17, 15) is 4.79 Å². The van der Waals surface area contributed by atoms with Crippen molar-refractivity contribution in [3.63, 3.8) is 0 Å². The molecule has 130 valence electrons. The molecule has 1 unspecified atom stereocenters. The smallest absolute Gasteiger partial charge is 0.265 e. The number of hydrogen-bond donors (Lipinski definition) is 1. The predicted molar refractivity (Wildman–Crippen MR) is 98.5 cm³/mol. The van der Waals surface area contributed by atoms with E-state index in [2.05, 4.69) is 18.8 Å². The number of nitrogens with zero attached hydrogens (tertiary/aromatic N) is 2. The maximum atomic E-state index is 12.5. The van der Waals surface area contributed by atoms with Crippen LogP contribution in [0.3, 0.4) is 0 Å². The summed E-state index contributed by atoms with van der Waals surface area (Å²) in [6.07, 6.45) is 2.44. The number of carbonyl (C=O) groups is 1. The van der Waals surface area contributed by atoms with Gasteiger partial charge in [0.15, 0.2) is 0 Å². The first-order chi connectivity index (χ1) is 11.4. The van der Waals surface area contributed by atoms with Crippen molar-refractivity contribution in [2.45, 2.75) is 26.3 Å². The number of ether oxygens (including phenoxy) is 1. The fourth-order valence-corrected chi connectivity index (χ4v) is 3.12. The predicted octanol–water partition coefficient (Wildman–Crippen LogP) is 3.26. The summed E-state index contributed by atoms with van der Waals surface area (Å²) in [7, 11) is 3.44. The third-order valence-corrected chi connectivity index (χ3v) is 5.09. The number of rotatable bonds is 7. The molecule has 5 nitrogen and oxygen atoms in total. The van der Waals surface area contributed by atoms with Crippen LogP contribution in [-0.4, -0.2) is 42.5 Å². The molecule has 0 radical (unpaired) electrons. The monoisotopic (exact) mass is 347 g/mol. The molecule has 0 spiro atoms. The van der Waals surface area contributed by atoms with E-state index >= 15 is 0 Å². The van der Waals surface area contributed by atoms with Crippen LogP contribution in [0.15, 0.2) is 30.5 Å². The molecule has 0 aliphatic carbocycles. The zero-order valence-electron chi connectivity index (χ0n) is 14.7. The van der Waals surface area contributed by atoms with Crippen LogP contribution in [0.5, 0.6) is 5.75 Å². The topological polar surface area (TPSA) is 68.5 Å². The average molecular weight is 347 g/mol. The molecule has 2 N–H and O–H groups in total. The van der Waals surface area contributed by atoms with Crippen LogP contribution >= 0.6 is 11.3 Å². The lowest BCUT2D eigenvalue weighted by Crippen LogP contribution is -2.34. The summed E-state index contributed by atoms with van der Waals surface area (Å²) < 4.78 is 5.15. The fraction of sp³-hybridized carbons (Fsp3) is 0.444. The number of benzene rings is 1. The average Bonchev–Trinajstić information content (AvgIpc) is 3.08. The highest BCUT2D eigenvalue weighted by Gasteiger charge is 2.17. The Hall–Kier alpha value is -1.92. The minimum absolute atomic E-state index is 0.0109. The van der Waals surface area contributed by atoms with E-state index in [4.69, 9.17) is 10.5 Å². The first kappa shape index (κ1) is 18.4. The molecule has 1 aromatic carbocycles. The van der Waals surface area contributed by atoms with Crippen molar-refractivity contribution in [1.29, 1.82) is 0 Å². The Labute approximate surface area is 147 Å². The summed E-state index contributed by atoms with van der Waals surface area (Å²) in [6.45, 7) is 4.83. The zero-order chi connectivity index (χ0) is 17.7. The normalized spacial score (nSPS) is 12.2. The summed E-state index contributed by atoms with van der Waals surface area (Å²) in [6, 6.07) is 7.76. The first-order valence-corrected chi connectivity index (χ1v) is 8.85. The summed E-state index contributed by atoms with van der Waals surface area (Å²) in [4.78, 5) is 19.2. The van der Waals surface area contributed by atoms with Gasteiger partial charge in [-0.2, -0.15) is 0 Å². The van der Waals surface area contributed by atoms with Crippen LogP contribution in [-0.2, 0) is 0 Å². The van der Waals surface area contributed by atoms with E-state index in [0.717, 1.165) is 22.7 Å². The number of amides is 1. The second kappa shape index (κ2) is 8.26. The fourth-order valence-electron chi connectivity index (χ4n) is 2.21. The second-order valence-electron chi connectivity index (χ2n) is 6.18. The first-order valence-electron chi connectivity index (χ1n) is 8.03. The number of hydrogen-bond acceptors (Lipinski definition) is 5. The molecule has 2 rings (SSSR count). The summed E-state index contributed by atoms with van der Waals surface area (Å²) in [5, 5.41) is 0.827. The third-order valence-electron chi connectivity index (χ3n) is 4.05. The van der Waals surface area contributed by atoms with Gasteiger partial charge in [0.2, 0.25) is 0 Å². The zero-order valence-corrected chi connectivity index (χ0v) is 15.5. The Morgan fingerprint density at radius 3 is 2.58 bits per heavy atom. The summed E-state index contributed by atoms with van der Waals surface area (Å²) in [5.41, 5.74) is 7.03. The van der Waals surface area contributed by atoms with Crippen LogP contribution in [0.1, 0.15) is 29.9 Å². The number of methoxy groups -OCH3 is 1. The van der Waals surface area contributed by atoms with E-state index in [1.165, 1.54) is 11.3 Å². The number of thiazole rings is 1. The largest absolute Gasteiger partial charge is 0.497 e. The molecule has 1 amide bonds. The molecule has 1 atom stereocenters. The Kier molecular flexibility index (Phi) is 6.34. The highest BCUT2D eigenvalue weighted by Crippen LogP contribution is 2.27. The number of nitrogens with two attached hydrogens (primary N) is 1. The number of aromatic nitrogens is 1. The minimum Gasteiger partial charge on any atom is -0.497 e. The van der Waals surface area contributed by atoms with Gasteiger partial charge in [-0.3, -0.25) is 4.79 Å². The van der Waals surface area contributed by atoms with Gasteiger partial charge >= 0.3 is 0 Å². The summed E-state index contributed by atoms with van der Waals surface area (Å²) >= 11 is 1.40. The molecule has 0 saturated carbocycles. The molecule has 0 fully saturated rings. The van der Waals surface area contributed by atoms with E-state index < -0.39 is 0 Å². The minimum atomic E-state index is -0.0109. The van der Waals surface area contributed by atoms with Gasteiger partial charge in [-0.15, -0.1) is 11.3 Å². The van der Waals surface area contributed by atoms with Crippen molar-refractivity contribution in [3.8, 4) is 16.3 Å². The van der Waals surface area contributed by atoms with Crippen molar-refractivity contribution >= 4 is 17.2 Å². The van der Waals surface area contributed by atoms with E-state index in [1.807, 2.05) is 31.3 Å². The lowest BCUT2D eigenvalue weighted by atomic mass is 10.0. The Bertz CT molecular complexity index is 667. The van der Waals surface area contributed by atoms with Gasteiger partial charge in [0.25, 0.3) is 5.91 Å². The molecule has 2 aromatic rings. The summed E-state index contributed by atoms with van der Waals surface area (Å²) in [5.74, 6) is 1.20. The molecular weight excluding hydrogens is 322 g/mol. The van der Waals surface area contributed by atoms with E-state index in [-0.39, 0.29) is 11.9 Å². The Morgan fingerprint density at radius 2 is 2.00 bits per heavy atom. The van der Waals surface area contributed by atoms with Gasteiger partial charge < -0.3 is 15.4 Å². The Morgan fingerprint density at radius 1 is 1.33 bits per heavy atom. The quantitative estimate of drug-likeness (QED) is 0.835. The van der Waals surface area contributed by atoms with Crippen LogP contribution in [0, 0.1) is 5.92 Å². The molecule has 6 heteroatoms. The van der Waals surface area contributed by atoms with E-state index in [0.29, 0.717) is 17.3 Å². The highest BCUT2D eigenvalue weighted by atomic mass is 32.1. The van der Waals surface area contributed by atoms with Gasteiger partial charge in [0, 0.05) is 25.2 Å². The van der Waals surface area contributed by atoms with Gasteiger partial charge in [-0.05, 0) is 36.6 Å². The second-order valence-corrected chi connectivity index (χ2v) is 7.21. The third kappa shape index (κ3) is 4.55. The van der Waals surface area contributed by atoms with Crippen molar-refractivity contribution in [2.24, 2.45) is 11.7 Å². The molecule has 0 saturated heterocycles. The molecule has 0 aliphatic heterocycles. The van der Waals surface area contributed by atoms with Crippen molar-refractivity contribution in [2.75, 3.05) is 20.7 Å². The maximum Gasteiger partial charge on any atom is 0.265 e. The van der Waals surface area contributed by atoms with E-state index in [1.54, 1.807) is 18.2 Å². The van der Waals surface area contributed by atoms with Crippen molar-refractivity contribution in [1.82, 2.24) is 9.88 Å². The van der Waals surface area contributed by atoms with Crippen LogP contribution in [0.4, 0.5) is 0 Å². The lowest BCUT2D eigenvalue weighted by molar-refractivity contribution is 0.0793. The molecule has 0 bridgehead atoms. The lowest BCUT2D eigenvalue weighted by Gasteiger charge is -2.20. The highest BCUT2D eigenvalue weighted by molar-refractivity contribution is 7.16. The molecular formula is C18H25N3O2S. The van der Waals surface area contributed by atoms with Gasteiger partial charge in [-0.1, -0.05) is 13.8 Å². The molecule has 1 heterocycles. The van der Waals surface area contributed by atoms with Gasteiger partial charge in [0.1, 0.15) is 15.6 Å². The van der Waals surface area contributed by atoms with Crippen LogP contribution < -0.4 is 10.5 Å².